The van der Waals surface area contributed by atoms with Crippen molar-refractivity contribution in [2.45, 2.75) is 6.92 Å². The summed E-state index contributed by atoms with van der Waals surface area (Å²) in [6.07, 6.45) is 0.491. The monoisotopic (exact) mass is 334 g/mol. The number of amides is 1. The molecule has 25 heavy (non-hydrogen) atoms. The second kappa shape index (κ2) is 7.00. The Balaban J connectivity index is 2.26. The van der Waals surface area contributed by atoms with Crippen LogP contribution in [0.3, 0.4) is 0 Å². The van der Waals surface area contributed by atoms with Crippen molar-refractivity contribution < 1.29 is 9.53 Å². The van der Waals surface area contributed by atoms with E-state index in [1.165, 1.54) is 0 Å². The molecular weight excluding hydrogens is 316 g/mol. The van der Waals surface area contributed by atoms with Crippen LogP contribution in [-0.2, 0) is 4.79 Å². The molecule has 6 heteroatoms. The molecule has 126 valence electrons. The number of nitrogens with two attached hydrogens (primary N) is 1. The highest BCUT2D eigenvalue weighted by atomic mass is 16.5. The van der Waals surface area contributed by atoms with E-state index in [9.17, 15) is 4.79 Å². The fraction of sp³-hybridized carbons (Fsp3) is 0.105. The molecule has 0 aliphatic carbocycles. The third-order valence-electron chi connectivity index (χ3n) is 3.86. The summed E-state index contributed by atoms with van der Waals surface area (Å²) in [7, 11) is 1.60. The Kier molecular flexibility index (Phi) is 4.61. The number of nitrogens with zero attached hydrogens (tertiary/aromatic N) is 2. The number of benzene rings is 2. The van der Waals surface area contributed by atoms with Gasteiger partial charge in [0.2, 0.25) is 6.41 Å². The van der Waals surface area contributed by atoms with Crippen LogP contribution in [0.2, 0.25) is 0 Å². The van der Waals surface area contributed by atoms with Crippen LogP contribution in [0.4, 0.5) is 5.69 Å². The number of ether oxygens (including phenoxy) is 1. The van der Waals surface area contributed by atoms with Gasteiger partial charge in [-0.15, -0.1) is 0 Å². The van der Waals surface area contributed by atoms with Gasteiger partial charge in [0, 0.05) is 10.9 Å². The van der Waals surface area contributed by atoms with Crippen LogP contribution >= 0.6 is 0 Å². The molecule has 0 fully saturated rings. The zero-order valence-corrected chi connectivity index (χ0v) is 14.0. The lowest BCUT2D eigenvalue weighted by molar-refractivity contribution is -0.108. The van der Waals surface area contributed by atoms with Crippen molar-refractivity contribution in [2.75, 3.05) is 7.11 Å². The second-order valence-corrected chi connectivity index (χ2v) is 5.48. The van der Waals surface area contributed by atoms with Crippen LogP contribution in [0.25, 0.3) is 22.2 Å². The number of guanidine groups is 1. The van der Waals surface area contributed by atoms with E-state index in [0.717, 1.165) is 27.7 Å². The molecule has 2 aromatic carbocycles. The van der Waals surface area contributed by atoms with E-state index in [1.807, 2.05) is 55.5 Å². The zero-order chi connectivity index (χ0) is 17.8. The molecule has 0 aliphatic rings. The maximum Gasteiger partial charge on any atom is 0.213 e. The third-order valence-corrected chi connectivity index (χ3v) is 3.86. The summed E-state index contributed by atoms with van der Waals surface area (Å²) in [5, 5.41) is 3.14. The molecule has 0 spiro atoms. The van der Waals surface area contributed by atoms with Gasteiger partial charge < -0.3 is 10.5 Å². The fourth-order valence-electron chi connectivity index (χ4n) is 2.63. The zero-order valence-electron chi connectivity index (χ0n) is 14.0. The van der Waals surface area contributed by atoms with Crippen LogP contribution in [0.15, 0.2) is 53.5 Å². The molecular formula is C19H18N4O2. The molecule has 0 atom stereocenters. The van der Waals surface area contributed by atoms with Gasteiger partial charge in [0.15, 0.2) is 5.96 Å². The summed E-state index contributed by atoms with van der Waals surface area (Å²) in [6.45, 7) is 2.03. The van der Waals surface area contributed by atoms with Gasteiger partial charge in [-0.2, -0.15) is 0 Å². The number of hydrogen-bond acceptors (Lipinski definition) is 4. The number of carbonyl (C=O) groups is 1. The minimum atomic E-state index is 0.0149. The number of aliphatic imine (C=N–C) groups is 1. The van der Waals surface area contributed by atoms with E-state index in [2.05, 4.69) is 10.3 Å². The molecule has 0 saturated carbocycles. The lowest BCUT2D eigenvalue weighted by atomic mass is 10.0. The molecule has 0 unspecified atom stereocenters. The Labute approximate surface area is 145 Å². The van der Waals surface area contributed by atoms with Gasteiger partial charge >= 0.3 is 0 Å². The SMILES string of the molecule is COc1ccc2nc(-c3ccccc3C)cc(N=C(N)NC=O)c2c1. The molecule has 1 heterocycles. The number of methoxy groups -OCH3 is 1. The minimum absolute atomic E-state index is 0.0149. The van der Waals surface area contributed by atoms with Crippen LogP contribution in [0.5, 0.6) is 5.75 Å². The van der Waals surface area contributed by atoms with Crippen molar-refractivity contribution in [3.8, 4) is 17.0 Å². The second-order valence-electron chi connectivity index (χ2n) is 5.48. The highest BCUT2D eigenvalue weighted by molar-refractivity contribution is 5.97. The Morgan fingerprint density at radius 2 is 2.04 bits per heavy atom. The third kappa shape index (κ3) is 3.42. The van der Waals surface area contributed by atoms with E-state index in [-0.39, 0.29) is 5.96 Å². The number of fused-ring (bicyclic) bond motifs is 1. The summed E-state index contributed by atoms with van der Waals surface area (Å²) in [4.78, 5) is 19.7. The number of aryl methyl sites for hydroxylation is 1. The highest BCUT2D eigenvalue weighted by Gasteiger charge is 2.10. The largest absolute Gasteiger partial charge is 0.497 e. The molecule has 1 aromatic heterocycles. The van der Waals surface area contributed by atoms with Crippen molar-refractivity contribution >= 4 is 29.0 Å². The van der Waals surface area contributed by atoms with Crippen molar-refractivity contribution in [2.24, 2.45) is 10.7 Å². The van der Waals surface area contributed by atoms with Gasteiger partial charge in [-0.3, -0.25) is 10.1 Å². The van der Waals surface area contributed by atoms with E-state index in [0.29, 0.717) is 17.8 Å². The summed E-state index contributed by atoms with van der Waals surface area (Å²) in [5.41, 5.74) is 10.0. The Morgan fingerprint density at radius 3 is 2.76 bits per heavy atom. The summed E-state index contributed by atoms with van der Waals surface area (Å²) in [5.74, 6) is 0.706. The van der Waals surface area contributed by atoms with Crippen LogP contribution < -0.4 is 15.8 Å². The predicted molar refractivity (Wildman–Crippen MR) is 99.0 cm³/mol. The predicted octanol–water partition coefficient (Wildman–Crippen LogP) is 2.91. The lowest BCUT2D eigenvalue weighted by Gasteiger charge is -2.10. The first-order valence-electron chi connectivity index (χ1n) is 7.71. The molecule has 3 aromatic rings. The van der Waals surface area contributed by atoms with Gasteiger partial charge in [0.25, 0.3) is 0 Å². The van der Waals surface area contributed by atoms with Crippen molar-refractivity contribution in [1.82, 2.24) is 10.3 Å². The molecule has 6 nitrogen and oxygen atoms in total. The van der Waals surface area contributed by atoms with Crippen molar-refractivity contribution in [3.05, 3.63) is 54.1 Å². The van der Waals surface area contributed by atoms with E-state index in [4.69, 9.17) is 15.5 Å². The molecule has 0 aliphatic heterocycles. The Morgan fingerprint density at radius 1 is 1.24 bits per heavy atom. The van der Waals surface area contributed by atoms with Gasteiger partial charge in [0.05, 0.1) is 24.0 Å². The van der Waals surface area contributed by atoms with Gasteiger partial charge in [-0.1, -0.05) is 24.3 Å². The molecule has 3 N–H and O–H groups in total. The fourth-order valence-corrected chi connectivity index (χ4v) is 2.63. The number of pyridine rings is 1. The number of carbonyl (C=O) groups excluding carboxylic acids is 1. The van der Waals surface area contributed by atoms with Crippen LogP contribution in [0.1, 0.15) is 5.56 Å². The smallest absolute Gasteiger partial charge is 0.213 e. The van der Waals surface area contributed by atoms with Crippen molar-refractivity contribution in [1.29, 1.82) is 0 Å². The van der Waals surface area contributed by atoms with Gasteiger partial charge in [0.1, 0.15) is 5.75 Å². The average molecular weight is 334 g/mol. The van der Waals surface area contributed by atoms with Crippen LogP contribution in [0, 0.1) is 6.92 Å². The maximum atomic E-state index is 10.6. The topological polar surface area (TPSA) is 89.6 Å². The highest BCUT2D eigenvalue weighted by Crippen LogP contribution is 2.33. The molecule has 1 amide bonds. The summed E-state index contributed by atoms with van der Waals surface area (Å²) in [6, 6.07) is 15.4. The molecule has 0 bridgehead atoms. The average Bonchev–Trinajstić information content (AvgIpc) is 2.62. The minimum Gasteiger partial charge on any atom is -0.497 e. The number of aromatic nitrogens is 1. The summed E-state index contributed by atoms with van der Waals surface area (Å²) >= 11 is 0. The Bertz CT molecular complexity index is 967. The van der Waals surface area contributed by atoms with E-state index < -0.39 is 0 Å². The quantitative estimate of drug-likeness (QED) is 0.436. The number of nitrogens with one attached hydrogen (secondary N) is 1. The molecule has 3 rings (SSSR count). The van der Waals surface area contributed by atoms with Crippen LogP contribution in [-0.4, -0.2) is 24.5 Å². The number of rotatable bonds is 4. The van der Waals surface area contributed by atoms with Crippen molar-refractivity contribution in [3.63, 3.8) is 0 Å². The summed E-state index contributed by atoms with van der Waals surface area (Å²) < 4.78 is 5.28. The molecule has 0 saturated heterocycles. The first kappa shape index (κ1) is 16.4. The first-order chi connectivity index (χ1) is 12.1. The first-order valence-corrected chi connectivity index (χ1v) is 7.71. The van der Waals surface area contributed by atoms with Gasteiger partial charge in [-0.05, 0) is 36.8 Å². The molecule has 0 radical (unpaired) electrons. The standard InChI is InChI=1S/C19H18N4O2/c1-12-5-3-4-6-14(12)17-10-18(23-19(20)21-11-24)15-9-13(25-2)7-8-16(15)22-17/h3-11H,1-2H3,(H3,20,21,22,23,24). The Hall–Kier alpha value is -3.41. The maximum absolute atomic E-state index is 10.6. The van der Waals surface area contributed by atoms with E-state index >= 15 is 0 Å². The lowest BCUT2D eigenvalue weighted by Crippen LogP contribution is -2.29. The van der Waals surface area contributed by atoms with E-state index in [1.54, 1.807) is 7.11 Å². The van der Waals surface area contributed by atoms with Gasteiger partial charge in [-0.25, -0.2) is 9.98 Å². The normalized spacial score (nSPS) is 11.4. The number of hydrogen-bond donors (Lipinski definition) is 2.